The Morgan fingerprint density at radius 2 is 2.19 bits per heavy atom. The molecule has 144 valence electrons. The molecular weight excluding hydrogens is 494 g/mol. The summed E-state index contributed by atoms with van der Waals surface area (Å²) in [6, 6.07) is 4.54. The summed E-state index contributed by atoms with van der Waals surface area (Å²) in [5.41, 5.74) is 1.19. The molecule has 27 heavy (non-hydrogen) atoms. The van der Waals surface area contributed by atoms with Crippen LogP contribution < -0.4 is 20.7 Å². The number of benzene rings is 1. The summed E-state index contributed by atoms with van der Waals surface area (Å²) >= 11 is 8.73. The zero-order chi connectivity index (χ0) is 18.8. The van der Waals surface area contributed by atoms with Gasteiger partial charge in [-0.3, -0.25) is 4.79 Å². The summed E-state index contributed by atoms with van der Waals surface area (Å²) in [6.07, 6.45) is 5.67. The maximum atomic E-state index is 12.1. The van der Waals surface area contributed by atoms with Gasteiger partial charge in [0, 0.05) is 35.1 Å². The van der Waals surface area contributed by atoms with E-state index in [-0.39, 0.29) is 23.1 Å². The maximum Gasteiger partial charge on any atom is 0.174 e. The van der Waals surface area contributed by atoms with E-state index in [1.54, 1.807) is 17.8 Å². The molecule has 5 nitrogen and oxygen atoms in total. The fraction of sp³-hybridized carbons (Fsp3) is 0.421. The predicted molar refractivity (Wildman–Crippen MR) is 116 cm³/mol. The molecule has 3 aliphatic heterocycles. The number of carbonyl (C=O) groups excluding carboxylic acids is 1. The normalized spacial score (nSPS) is 25.9. The van der Waals surface area contributed by atoms with Crippen molar-refractivity contribution < 1.29 is 9.53 Å². The highest BCUT2D eigenvalue weighted by atomic mass is 79.9. The van der Waals surface area contributed by atoms with E-state index in [4.69, 9.17) is 4.74 Å². The Bertz CT molecular complexity index is 799. The molecule has 3 N–H and O–H groups in total. The van der Waals surface area contributed by atoms with Gasteiger partial charge in [0.05, 0.1) is 22.4 Å². The molecule has 0 radical (unpaired) electrons. The minimum Gasteiger partial charge on any atom is -0.492 e. The summed E-state index contributed by atoms with van der Waals surface area (Å²) in [4.78, 5) is 12.1. The highest BCUT2D eigenvalue weighted by molar-refractivity contribution is 9.11. The predicted octanol–water partition coefficient (Wildman–Crippen LogP) is 3.62. The summed E-state index contributed by atoms with van der Waals surface area (Å²) < 4.78 is 7.85. The van der Waals surface area contributed by atoms with Crippen molar-refractivity contribution in [2.45, 2.75) is 30.2 Å². The molecule has 0 saturated carbocycles. The van der Waals surface area contributed by atoms with Gasteiger partial charge >= 0.3 is 0 Å². The number of ketones is 1. The van der Waals surface area contributed by atoms with Crippen molar-refractivity contribution in [1.29, 1.82) is 0 Å². The molecule has 0 saturated heterocycles. The van der Waals surface area contributed by atoms with Crippen LogP contribution in [0.25, 0.3) is 0 Å². The zero-order valence-corrected chi connectivity index (χ0v) is 18.6. The molecule has 3 heterocycles. The SMILES string of the molecule is O=C1C=C(NCCCN[C@@H]2CCOc3c(Br)cc(Br)cc32)NC2C=CSC12. The molecule has 0 amide bonds. The standard InChI is InChI=1S/C19H21Br2N3O2S/c20-11-8-12-14(2-6-26-18(12)13(21)9-11)22-4-1-5-23-17-10-16(25)19-15(24-17)3-7-27-19/h3,7-10,14-15,19,22-24H,1-2,4-6H2/t14-,15?,19?/m1/s1. The number of carbonyl (C=O) groups is 1. The second-order valence-electron chi connectivity index (χ2n) is 6.75. The molecule has 0 aromatic heterocycles. The summed E-state index contributed by atoms with van der Waals surface area (Å²) in [5, 5.41) is 12.4. The van der Waals surface area contributed by atoms with E-state index in [9.17, 15) is 4.79 Å². The van der Waals surface area contributed by atoms with Crippen LogP contribution >= 0.6 is 43.6 Å². The van der Waals surface area contributed by atoms with Crippen molar-refractivity contribution in [3.8, 4) is 5.75 Å². The monoisotopic (exact) mass is 513 g/mol. The lowest BCUT2D eigenvalue weighted by Gasteiger charge is -2.28. The van der Waals surface area contributed by atoms with E-state index in [1.165, 1.54) is 5.56 Å². The van der Waals surface area contributed by atoms with Crippen molar-refractivity contribution in [2.24, 2.45) is 0 Å². The lowest BCUT2D eigenvalue weighted by molar-refractivity contribution is -0.114. The number of allylic oxidation sites excluding steroid dienone is 1. The lowest BCUT2D eigenvalue weighted by Crippen LogP contribution is -2.46. The summed E-state index contributed by atoms with van der Waals surface area (Å²) in [7, 11) is 0. The Hall–Kier alpha value is -0.960. The number of rotatable bonds is 6. The second-order valence-corrected chi connectivity index (χ2v) is 9.57. The first-order chi connectivity index (χ1) is 13.1. The number of thioether (sulfide) groups is 1. The summed E-state index contributed by atoms with van der Waals surface area (Å²) in [5.74, 6) is 1.95. The van der Waals surface area contributed by atoms with Crippen molar-refractivity contribution in [3.63, 3.8) is 0 Å². The van der Waals surface area contributed by atoms with E-state index < -0.39 is 0 Å². The van der Waals surface area contributed by atoms with Gasteiger partial charge in [-0.2, -0.15) is 0 Å². The molecule has 3 atom stereocenters. The number of ether oxygens (including phenoxy) is 1. The highest BCUT2D eigenvalue weighted by Crippen LogP contribution is 2.40. The van der Waals surface area contributed by atoms with Gasteiger partial charge in [0.15, 0.2) is 5.78 Å². The zero-order valence-electron chi connectivity index (χ0n) is 14.6. The third-order valence-electron chi connectivity index (χ3n) is 4.85. The van der Waals surface area contributed by atoms with Crippen LogP contribution in [-0.4, -0.2) is 36.8 Å². The van der Waals surface area contributed by atoms with Crippen LogP contribution in [0.15, 0.2) is 44.5 Å². The molecule has 0 bridgehead atoms. The fourth-order valence-corrected chi connectivity index (χ4v) is 5.87. The average molecular weight is 515 g/mol. The number of hydrogen-bond donors (Lipinski definition) is 3. The third-order valence-corrected chi connectivity index (χ3v) is 7.03. The van der Waals surface area contributed by atoms with Crippen molar-refractivity contribution >= 4 is 49.4 Å². The highest BCUT2D eigenvalue weighted by Gasteiger charge is 2.33. The Morgan fingerprint density at radius 1 is 1.30 bits per heavy atom. The van der Waals surface area contributed by atoms with Gasteiger partial charge in [-0.15, -0.1) is 11.8 Å². The van der Waals surface area contributed by atoms with Gasteiger partial charge in [0.2, 0.25) is 0 Å². The van der Waals surface area contributed by atoms with Crippen molar-refractivity contribution in [3.05, 3.63) is 50.0 Å². The molecule has 8 heteroatoms. The van der Waals surface area contributed by atoms with Crippen LogP contribution in [0.4, 0.5) is 0 Å². The van der Waals surface area contributed by atoms with Gasteiger partial charge in [-0.1, -0.05) is 22.0 Å². The minimum absolute atomic E-state index is 0.00412. The second kappa shape index (κ2) is 8.59. The minimum atomic E-state index is 0.00412. The van der Waals surface area contributed by atoms with Crippen LogP contribution in [-0.2, 0) is 4.79 Å². The van der Waals surface area contributed by atoms with Crippen LogP contribution in [0.2, 0.25) is 0 Å². The largest absolute Gasteiger partial charge is 0.492 e. The first-order valence-corrected chi connectivity index (χ1v) is 11.6. The first-order valence-electron chi connectivity index (χ1n) is 9.05. The van der Waals surface area contributed by atoms with Gasteiger partial charge in [0.25, 0.3) is 0 Å². The first kappa shape index (κ1) is 19.4. The van der Waals surface area contributed by atoms with Gasteiger partial charge in [-0.05, 0) is 46.4 Å². The van der Waals surface area contributed by atoms with E-state index in [1.807, 2.05) is 11.5 Å². The lowest BCUT2D eigenvalue weighted by atomic mass is 10.0. The molecule has 2 unspecified atom stereocenters. The van der Waals surface area contributed by atoms with Gasteiger partial charge in [-0.25, -0.2) is 0 Å². The van der Waals surface area contributed by atoms with E-state index >= 15 is 0 Å². The molecule has 1 aromatic carbocycles. The number of fused-ring (bicyclic) bond motifs is 2. The number of nitrogens with one attached hydrogen (secondary N) is 3. The van der Waals surface area contributed by atoms with Crippen molar-refractivity contribution in [1.82, 2.24) is 16.0 Å². The van der Waals surface area contributed by atoms with Crippen LogP contribution in [0.1, 0.15) is 24.4 Å². The van der Waals surface area contributed by atoms with Gasteiger partial charge < -0.3 is 20.7 Å². The summed E-state index contributed by atoms with van der Waals surface area (Å²) in [6.45, 7) is 2.42. The molecule has 0 fully saturated rings. The average Bonchev–Trinajstić information content (AvgIpc) is 3.11. The molecule has 0 spiro atoms. The van der Waals surface area contributed by atoms with Crippen molar-refractivity contribution in [2.75, 3.05) is 19.7 Å². The molecule has 3 aliphatic rings. The fourth-order valence-electron chi connectivity index (χ4n) is 3.54. The Labute approximate surface area is 180 Å². The maximum absolute atomic E-state index is 12.1. The molecule has 1 aromatic rings. The van der Waals surface area contributed by atoms with E-state index in [0.717, 1.165) is 53.1 Å². The van der Waals surface area contributed by atoms with E-state index in [0.29, 0.717) is 0 Å². The number of hydrogen-bond acceptors (Lipinski definition) is 6. The van der Waals surface area contributed by atoms with Crippen LogP contribution in [0.3, 0.4) is 0 Å². The third kappa shape index (κ3) is 4.39. The topological polar surface area (TPSA) is 62.4 Å². The van der Waals surface area contributed by atoms with Crippen LogP contribution in [0.5, 0.6) is 5.75 Å². The molecule has 0 aliphatic carbocycles. The number of halogens is 2. The van der Waals surface area contributed by atoms with Crippen LogP contribution in [0, 0.1) is 0 Å². The Morgan fingerprint density at radius 3 is 3.07 bits per heavy atom. The Kier molecular flexibility index (Phi) is 6.16. The van der Waals surface area contributed by atoms with E-state index in [2.05, 4.69) is 60.0 Å². The Balaban J connectivity index is 1.25. The van der Waals surface area contributed by atoms with Gasteiger partial charge in [0.1, 0.15) is 11.6 Å². The smallest absolute Gasteiger partial charge is 0.174 e. The molecule has 4 rings (SSSR count). The quantitative estimate of drug-likeness (QED) is 0.504. The molecular formula is C19H21Br2N3O2S.